The average Bonchev–Trinajstić information content (AvgIpc) is 3.41. The van der Waals surface area contributed by atoms with Gasteiger partial charge in [0.15, 0.2) is 18.3 Å². The topological polar surface area (TPSA) is 115 Å². The Bertz CT molecular complexity index is 924. The Morgan fingerprint density at radius 2 is 1.93 bits per heavy atom. The Labute approximate surface area is 168 Å². The lowest BCUT2D eigenvalue weighted by molar-refractivity contribution is -0.936. The van der Waals surface area contributed by atoms with Gasteiger partial charge in [-0.15, -0.1) is 10.2 Å². The summed E-state index contributed by atoms with van der Waals surface area (Å²) in [6, 6.07) is 11.6. The smallest absolute Gasteiger partial charge is 0.321 e. The maximum absolute atomic E-state index is 12.9. The molecule has 2 heterocycles. The number of nitrogens with one attached hydrogen (secondary N) is 3. The number of quaternary nitrogens is 1. The summed E-state index contributed by atoms with van der Waals surface area (Å²) in [5.41, 5.74) is 0.795. The van der Waals surface area contributed by atoms with Gasteiger partial charge in [0.25, 0.3) is 17.7 Å². The molecule has 0 fully saturated rings. The number of carbonyl (C=O) groups is 2. The van der Waals surface area contributed by atoms with Gasteiger partial charge in [0, 0.05) is 12.6 Å². The molecule has 3 aromatic rings. The molecule has 2 aromatic heterocycles. The Balaban J connectivity index is 1.87. The lowest BCUT2D eigenvalue weighted by Gasteiger charge is -2.26. The monoisotopic (exact) mass is 398 g/mol. The number of furan rings is 1. The van der Waals surface area contributed by atoms with E-state index in [0.717, 1.165) is 16.9 Å². The molecule has 0 aliphatic rings. The minimum Gasteiger partial charge on any atom is -0.459 e. The molecular formula is C20H24N5O4+. The first-order valence-electron chi connectivity index (χ1n) is 9.40. The van der Waals surface area contributed by atoms with E-state index in [4.69, 9.17) is 8.83 Å². The molecule has 2 atom stereocenters. The van der Waals surface area contributed by atoms with E-state index in [2.05, 4.69) is 20.8 Å². The Hall–Kier alpha value is -3.46. The second kappa shape index (κ2) is 9.65. The summed E-state index contributed by atoms with van der Waals surface area (Å²) in [5, 5.41) is 12.9. The van der Waals surface area contributed by atoms with E-state index in [0.29, 0.717) is 24.7 Å². The van der Waals surface area contributed by atoms with E-state index in [9.17, 15) is 9.59 Å². The normalized spacial score (nSPS) is 12.9. The second-order valence-corrected chi connectivity index (χ2v) is 6.48. The molecule has 3 rings (SSSR count). The van der Waals surface area contributed by atoms with Crippen molar-refractivity contribution in [2.24, 2.45) is 0 Å². The number of rotatable bonds is 8. The van der Waals surface area contributed by atoms with Gasteiger partial charge in [-0.3, -0.25) is 10.1 Å². The van der Waals surface area contributed by atoms with Crippen molar-refractivity contribution in [3.8, 4) is 11.7 Å². The van der Waals surface area contributed by atoms with Gasteiger partial charge in [-0.25, -0.2) is 4.79 Å². The van der Waals surface area contributed by atoms with Crippen LogP contribution in [-0.4, -0.2) is 35.7 Å². The summed E-state index contributed by atoms with van der Waals surface area (Å²) in [5.74, 6) is 0.753. The lowest BCUT2D eigenvalue weighted by atomic mass is 10.0. The van der Waals surface area contributed by atoms with E-state index >= 15 is 0 Å². The highest BCUT2D eigenvalue weighted by Crippen LogP contribution is 2.18. The van der Waals surface area contributed by atoms with Gasteiger partial charge in [0.05, 0.1) is 12.8 Å². The highest BCUT2D eigenvalue weighted by atomic mass is 16.4. The van der Waals surface area contributed by atoms with Crippen LogP contribution < -0.4 is 15.5 Å². The average molecular weight is 398 g/mol. The number of hydrogen-bond acceptors (Lipinski definition) is 6. The van der Waals surface area contributed by atoms with Crippen molar-refractivity contribution in [3.63, 3.8) is 0 Å². The van der Waals surface area contributed by atoms with E-state index in [1.165, 1.54) is 13.3 Å². The van der Waals surface area contributed by atoms with Crippen LogP contribution in [-0.2, 0) is 11.3 Å². The maximum Gasteiger partial charge on any atom is 0.321 e. The standard InChI is InChI=1S/C20H23N5O4/c1-3-11-25(13-16-23-24-19(29-16)15-10-7-12-28-15)17(14-8-5-4-6-9-14)18(26)22-20(27)21-2/h4-10,12,17H,3,11,13H2,1-2H3,(H2,21,22,26,27)/p+1/t17-/m1/s1. The minimum atomic E-state index is -0.618. The van der Waals surface area contributed by atoms with Crippen molar-refractivity contribution < 1.29 is 23.3 Å². The van der Waals surface area contributed by atoms with Crippen LogP contribution in [0.25, 0.3) is 11.7 Å². The van der Waals surface area contributed by atoms with E-state index < -0.39 is 18.0 Å². The van der Waals surface area contributed by atoms with Gasteiger partial charge < -0.3 is 19.1 Å². The molecule has 0 aliphatic heterocycles. The number of hydrogen-bond donors (Lipinski definition) is 3. The fourth-order valence-electron chi connectivity index (χ4n) is 3.14. The Morgan fingerprint density at radius 1 is 1.14 bits per heavy atom. The van der Waals surface area contributed by atoms with Crippen LogP contribution >= 0.6 is 0 Å². The third-order valence-electron chi connectivity index (χ3n) is 4.42. The Morgan fingerprint density at radius 3 is 2.59 bits per heavy atom. The summed E-state index contributed by atoms with van der Waals surface area (Å²) in [6.45, 7) is 3.02. The van der Waals surface area contributed by atoms with E-state index in [1.807, 2.05) is 37.3 Å². The van der Waals surface area contributed by atoms with Crippen LogP contribution in [0.15, 0.2) is 57.6 Å². The van der Waals surface area contributed by atoms with Crippen molar-refractivity contribution in [2.75, 3.05) is 13.6 Å². The SMILES string of the molecule is CCC[NH+](Cc1nnc(-c2ccco2)o1)[C@@H](C(=O)NC(=O)NC)c1ccccc1. The fraction of sp³-hybridized carbons (Fsp3) is 0.300. The molecule has 1 aromatic carbocycles. The molecule has 0 bridgehead atoms. The molecule has 0 saturated heterocycles. The largest absolute Gasteiger partial charge is 0.459 e. The molecule has 152 valence electrons. The molecule has 0 radical (unpaired) electrons. The van der Waals surface area contributed by atoms with Crippen LogP contribution in [0.5, 0.6) is 0 Å². The van der Waals surface area contributed by atoms with Crippen molar-refractivity contribution in [2.45, 2.75) is 25.9 Å². The zero-order valence-electron chi connectivity index (χ0n) is 16.3. The number of nitrogens with zero attached hydrogens (tertiary/aromatic N) is 2. The molecule has 0 spiro atoms. The molecule has 9 nitrogen and oxygen atoms in total. The highest BCUT2D eigenvalue weighted by Gasteiger charge is 2.33. The van der Waals surface area contributed by atoms with Crippen LogP contribution in [0.2, 0.25) is 0 Å². The van der Waals surface area contributed by atoms with Crippen LogP contribution in [0.3, 0.4) is 0 Å². The van der Waals surface area contributed by atoms with Crippen molar-refractivity contribution >= 4 is 11.9 Å². The third kappa shape index (κ3) is 5.08. The molecule has 1 unspecified atom stereocenters. The van der Waals surface area contributed by atoms with Crippen LogP contribution in [0, 0.1) is 0 Å². The number of imide groups is 1. The summed E-state index contributed by atoms with van der Waals surface area (Å²) in [4.78, 5) is 25.5. The first kappa shape index (κ1) is 20.3. The molecule has 3 N–H and O–H groups in total. The van der Waals surface area contributed by atoms with E-state index in [1.54, 1.807) is 12.1 Å². The first-order chi connectivity index (χ1) is 14.1. The van der Waals surface area contributed by atoms with Gasteiger partial charge in [0.1, 0.15) is 0 Å². The molecule has 0 saturated carbocycles. The van der Waals surface area contributed by atoms with Gasteiger partial charge in [-0.05, 0) is 18.6 Å². The lowest BCUT2D eigenvalue weighted by Crippen LogP contribution is -3.12. The second-order valence-electron chi connectivity index (χ2n) is 6.48. The molecular weight excluding hydrogens is 374 g/mol. The number of benzene rings is 1. The highest BCUT2D eigenvalue weighted by molar-refractivity contribution is 5.96. The predicted molar refractivity (Wildman–Crippen MR) is 104 cm³/mol. The fourth-order valence-corrected chi connectivity index (χ4v) is 3.14. The summed E-state index contributed by atoms with van der Waals surface area (Å²) in [7, 11) is 1.46. The quantitative estimate of drug-likeness (QED) is 0.527. The van der Waals surface area contributed by atoms with Crippen molar-refractivity contribution in [1.29, 1.82) is 0 Å². The zero-order valence-corrected chi connectivity index (χ0v) is 16.3. The van der Waals surface area contributed by atoms with Crippen molar-refractivity contribution in [1.82, 2.24) is 20.8 Å². The molecule has 0 aliphatic carbocycles. The maximum atomic E-state index is 12.9. The molecule has 9 heteroatoms. The third-order valence-corrected chi connectivity index (χ3v) is 4.42. The number of aromatic nitrogens is 2. The molecule has 3 amide bonds. The zero-order chi connectivity index (χ0) is 20.6. The van der Waals surface area contributed by atoms with Gasteiger partial charge in [-0.2, -0.15) is 0 Å². The van der Waals surface area contributed by atoms with Gasteiger partial charge in [0.2, 0.25) is 0 Å². The summed E-state index contributed by atoms with van der Waals surface area (Å²) in [6.07, 6.45) is 2.35. The van der Waals surface area contributed by atoms with Crippen molar-refractivity contribution in [3.05, 3.63) is 60.2 Å². The minimum absolute atomic E-state index is 0.284. The number of urea groups is 1. The van der Waals surface area contributed by atoms with Gasteiger partial charge >= 0.3 is 6.03 Å². The first-order valence-corrected chi connectivity index (χ1v) is 9.40. The van der Waals surface area contributed by atoms with Crippen LogP contribution in [0.1, 0.15) is 30.8 Å². The number of amides is 3. The van der Waals surface area contributed by atoms with E-state index in [-0.39, 0.29) is 5.89 Å². The predicted octanol–water partition coefficient (Wildman–Crippen LogP) is 1.32. The van der Waals surface area contributed by atoms with Gasteiger partial charge in [-0.1, -0.05) is 37.3 Å². The summed E-state index contributed by atoms with van der Waals surface area (Å²) < 4.78 is 11.0. The summed E-state index contributed by atoms with van der Waals surface area (Å²) >= 11 is 0. The Kier molecular flexibility index (Phi) is 6.75. The van der Waals surface area contributed by atoms with Crippen LogP contribution in [0.4, 0.5) is 4.79 Å². The molecule has 29 heavy (non-hydrogen) atoms. The number of carbonyl (C=O) groups excluding carboxylic acids is 2.